The molecule has 2 aromatic heterocycles. The van der Waals surface area contributed by atoms with Crippen LogP contribution in [-0.4, -0.2) is 4.40 Å². The van der Waals surface area contributed by atoms with Gasteiger partial charge in [0, 0.05) is 17.3 Å². The molecular weight excluding hydrogens is 302 g/mol. The first kappa shape index (κ1) is 20.2. The molecule has 0 aliphatic carbocycles. The molecule has 0 unspecified atom stereocenters. The third-order valence-electron chi connectivity index (χ3n) is 3.92. The summed E-state index contributed by atoms with van der Waals surface area (Å²) in [6.07, 6.45) is 2.08. The molecule has 0 spiro atoms. The lowest BCUT2D eigenvalue weighted by molar-refractivity contribution is 1.16. The van der Waals surface area contributed by atoms with Crippen LogP contribution in [0.3, 0.4) is 0 Å². The van der Waals surface area contributed by atoms with Crippen LogP contribution in [0.2, 0.25) is 0 Å². The predicted molar refractivity (Wildman–Crippen MR) is 114 cm³/mol. The minimum Gasteiger partial charge on any atom is -0.316 e. The number of fused-ring (bicyclic) bond motifs is 1. The Kier molecular flexibility index (Phi) is 7.68. The number of pyridine rings is 1. The van der Waals surface area contributed by atoms with Crippen molar-refractivity contribution in [1.29, 1.82) is 0 Å². The highest BCUT2D eigenvalue weighted by Crippen LogP contribution is 2.35. The molecule has 0 saturated carbocycles. The highest BCUT2D eigenvalue weighted by Gasteiger charge is 2.15. The van der Waals surface area contributed by atoms with E-state index >= 15 is 0 Å². The molecule has 0 N–H and O–H groups in total. The number of benzene rings is 1. The van der Waals surface area contributed by atoms with Crippen LogP contribution in [0.25, 0.3) is 22.2 Å². The van der Waals surface area contributed by atoms with Gasteiger partial charge in [0.25, 0.3) is 0 Å². The van der Waals surface area contributed by atoms with Gasteiger partial charge in [-0.1, -0.05) is 57.3 Å². The van der Waals surface area contributed by atoms with Gasteiger partial charge in [-0.2, -0.15) is 0 Å². The number of rotatable bonds is 3. The van der Waals surface area contributed by atoms with Gasteiger partial charge in [-0.3, -0.25) is 0 Å². The van der Waals surface area contributed by atoms with Gasteiger partial charge < -0.3 is 4.40 Å². The van der Waals surface area contributed by atoms with Crippen molar-refractivity contribution in [2.24, 2.45) is 0 Å². The molecule has 0 atom stereocenters. The second kappa shape index (κ2) is 9.48. The molecule has 0 radical (unpaired) electrons. The summed E-state index contributed by atoms with van der Waals surface area (Å²) in [5, 5.41) is 0. The Morgan fingerprint density at radius 1 is 0.880 bits per heavy atom. The lowest BCUT2D eigenvalue weighted by atomic mass is 9.96. The number of allylic oxidation sites excluding steroid dienone is 2. The van der Waals surface area contributed by atoms with Gasteiger partial charge in [0.05, 0.1) is 5.69 Å². The molecule has 0 fully saturated rings. The van der Waals surface area contributed by atoms with Gasteiger partial charge in [-0.05, 0) is 54.3 Å². The SMILES string of the molecule is C=C.C=C(C)C(=C)c1c(-c2ccccc2C)cc2ccccn12.CC. The second-order valence-electron chi connectivity index (χ2n) is 5.48. The minimum atomic E-state index is 0.986. The van der Waals surface area contributed by atoms with Crippen LogP contribution in [0.1, 0.15) is 32.0 Å². The fourth-order valence-electron chi connectivity index (χ4n) is 2.71. The first-order valence-electron chi connectivity index (χ1n) is 8.61. The molecule has 1 nitrogen and oxygen atoms in total. The van der Waals surface area contributed by atoms with Gasteiger partial charge in [-0.25, -0.2) is 0 Å². The summed E-state index contributed by atoms with van der Waals surface area (Å²) in [7, 11) is 0. The van der Waals surface area contributed by atoms with Crippen LogP contribution >= 0.6 is 0 Å². The topological polar surface area (TPSA) is 4.41 Å². The maximum atomic E-state index is 4.24. The summed E-state index contributed by atoms with van der Waals surface area (Å²) in [6.45, 7) is 22.5. The predicted octanol–water partition coefficient (Wildman–Crippen LogP) is 7.33. The van der Waals surface area contributed by atoms with E-state index < -0.39 is 0 Å². The van der Waals surface area contributed by atoms with E-state index in [-0.39, 0.29) is 0 Å². The normalized spacial score (nSPS) is 9.44. The largest absolute Gasteiger partial charge is 0.316 e. The number of hydrogen-bond acceptors (Lipinski definition) is 0. The highest BCUT2D eigenvalue weighted by molar-refractivity contribution is 5.89. The summed E-state index contributed by atoms with van der Waals surface area (Å²) in [5.41, 5.74) is 8.02. The van der Waals surface area contributed by atoms with Crippen molar-refractivity contribution in [3.63, 3.8) is 0 Å². The standard InChI is InChI=1S/C20H19N.C2H6.C2H4/c1-14(2)16(4)20-19(18-11-6-5-9-15(18)3)13-17-10-7-8-12-21(17)20;2*1-2/h5-13H,1,4H2,2-3H3;1-2H3;1-2H2. The Balaban J connectivity index is 0.000000730. The van der Waals surface area contributed by atoms with Crippen molar-refractivity contribution in [3.8, 4) is 11.1 Å². The van der Waals surface area contributed by atoms with Crippen molar-refractivity contribution in [3.05, 3.63) is 97.9 Å². The first-order valence-corrected chi connectivity index (χ1v) is 8.61. The van der Waals surface area contributed by atoms with E-state index in [0.717, 1.165) is 16.8 Å². The first-order chi connectivity index (χ1) is 12.1. The van der Waals surface area contributed by atoms with Crippen LogP contribution in [0.15, 0.2) is 86.6 Å². The summed E-state index contributed by atoms with van der Waals surface area (Å²) in [6, 6.07) is 16.9. The Labute approximate surface area is 152 Å². The molecule has 2 heterocycles. The zero-order valence-electron chi connectivity index (χ0n) is 16.0. The Morgan fingerprint density at radius 3 is 2.08 bits per heavy atom. The van der Waals surface area contributed by atoms with Gasteiger partial charge in [-0.15, -0.1) is 13.2 Å². The van der Waals surface area contributed by atoms with E-state index in [1.165, 1.54) is 22.2 Å². The number of hydrogen-bond donors (Lipinski definition) is 0. The average molecular weight is 332 g/mol. The molecule has 0 saturated heterocycles. The third kappa shape index (κ3) is 4.19. The molecule has 25 heavy (non-hydrogen) atoms. The Morgan fingerprint density at radius 2 is 1.48 bits per heavy atom. The average Bonchev–Trinajstić information content (AvgIpc) is 3.04. The number of aryl methyl sites for hydroxylation is 1. The van der Waals surface area contributed by atoms with Crippen LogP contribution in [0.5, 0.6) is 0 Å². The van der Waals surface area contributed by atoms with E-state index in [4.69, 9.17) is 0 Å². The fraction of sp³-hybridized carbons (Fsp3) is 0.167. The zero-order chi connectivity index (χ0) is 19.0. The van der Waals surface area contributed by atoms with Crippen LogP contribution < -0.4 is 0 Å². The molecule has 3 aromatic rings. The molecule has 0 aliphatic rings. The molecule has 130 valence electrons. The Bertz CT molecular complexity index is 865. The third-order valence-corrected chi connectivity index (χ3v) is 3.92. The number of nitrogens with zero attached hydrogens (tertiary/aromatic N) is 1. The van der Waals surface area contributed by atoms with Crippen LogP contribution in [0, 0.1) is 6.92 Å². The lowest BCUT2D eigenvalue weighted by Gasteiger charge is -2.11. The quantitative estimate of drug-likeness (QED) is 0.349. The fourth-order valence-corrected chi connectivity index (χ4v) is 2.71. The lowest BCUT2D eigenvalue weighted by Crippen LogP contribution is -1.94. The van der Waals surface area contributed by atoms with Crippen LogP contribution in [-0.2, 0) is 0 Å². The molecule has 0 amide bonds. The van der Waals surface area contributed by atoms with E-state index in [2.05, 4.69) is 86.3 Å². The summed E-state index contributed by atoms with van der Waals surface area (Å²) in [5.74, 6) is 0. The molecule has 3 rings (SSSR count). The highest BCUT2D eigenvalue weighted by atomic mass is 14.9. The van der Waals surface area contributed by atoms with E-state index in [1.54, 1.807) is 0 Å². The van der Waals surface area contributed by atoms with Crippen molar-refractivity contribution in [1.82, 2.24) is 4.40 Å². The maximum Gasteiger partial charge on any atom is 0.0603 e. The molecule has 0 bridgehead atoms. The van der Waals surface area contributed by atoms with E-state index in [9.17, 15) is 0 Å². The van der Waals surface area contributed by atoms with Crippen molar-refractivity contribution in [2.75, 3.05) is 0 Å². The van der Waals surface area contributed by atoms with E-state index in [1.807, 2.05) is 26.8 Å². The Hall–Kier alpha value is -2.80. The van der Waals surface area contributed by atoms with Crippen LogP contribution in [0.4, 0.5) is 0 Å². The molecule has 0 aliphatic heterocycles. The smallest absolute Gasteiger partial charge is 0.0603 e. The van der Waals surface area contributed by atoms with E-state index in [0.29, 0.717) is 0 Å². The maximum absolute atomic E-state index is 4.24. The summed E-state index contributed by atoms with van der Waals surface area (Å²) >= 11 is 0. The zero-order valence-corrected chi connectivity index (χ0v) is 16.0. The van der Waals surface area contributed by atoms with Crippen molar-refractivity contribution >= 4 is 11.1 Å². The summed E-state index contributed by atoms with van der Waals surface area (Å²) < 4.78 is 2.19. The molecule has 1 heteroatoms. The second-order valence-corrected chi connectivity index (χ2v) is 5.48. The van der Waals surface area contributed by atoms with Gasteiger partial charge >= 0.3 is 0 Å². The summed E-state index contributed by atoms with van der Waals surface area (Å²) in [4.78, 5) is 0. The minimum absolute atomic E-state index is 0.986. The van der Waals surface area contributed by atoms with Gasteiger partial charge in [0.1, 0.15) is 0 Å². The monoisotopic (exact) mass is 331 g/mol. The van der Waals surface area contributed by atoms with Gasteiger partial charge in [0.15, 0.2) is 0 Å². The van der Waals surface area contributed by atoms with Crippen molar-refractivity contribution < 1.29 is 0 Å². The van der Waals surface area contributed by atoms with Gasteiger partial charge in [0.2, 0.25) is 0 Å². The van der Waals surface area contributed by atoms with Crippen molar-refractivity contribution in [2.45, 2.75) is 27.7 Å². The molecule has 1 aromatic carbocycles. The molecular formula is C24H29N. The number of aromatic nitrogens is 1.